The molecular formula is C26H19N5O4S. The van der Waals surface area contributed by atoms with Gasteiger partial charge in [-0.1, -0.05) is 35.9 Å². The van der Waals surface area contributed by atoms with Gasteiger partial charge in [-0.15, -0.1) is 10.2 Å². The average molecular weight is 498 g/mol. The molecule has 10 heteroatoms. The topological polar surface area (TPSA) is 113 Å². The number of nitro benzene ring substituents is 1. The molecule has 2 aromatic carbocycles. The lowest BCUT2D eigenvalue weighted by Gasteiger charge is -2.05. The van der Waals surface area contributed by atoms with Gasteiger partial charge in [-0.2, -0.15) is 0 Å². The molecule has 9 nitrogen and oxygen atoms in total. The van der Waals surface area contributed by atoms with Gasteiger partial charge in [0.2, 0.25) is 0 Å². The average Bonchev–Trinajstić information content (AvgIpc) is 3.43. The van der Waals surface area contributed by atoms with Crippen LogP contribution in [0.4, 0.5) is 5.69 Å². The minimum atomic E-state index is -0.506. The molecule has 178 valence electrons. The Hall–Kier alpha value is -4.57. The van der Waals surface area contributed by atoms with E-state index >= 15 is 0 Å². The molecule has 5 rings (SSSR count). The Bertz CT molecular complexity index is 1540. The van der Waals surface area contributed by atoms with Gasteiger partial charge in [0, 0.05) is 36.6 Å². The van der Waals surface area contributed by atoms with Gasteiger partial charge in [0.05, 0.1) is 15.4 Å². The standard InChI is InChI=1S/C26H19N5O4S/c1-16-5-8-18(9-6-16)22-14-20(25(32)35-22)12-17-7-10-23(21(13-17)31(33)34)36-26-29-28-24(30(26)2)19-4-3-11-27-15-19/h3-15H,1-2H3/b20-12-. The Balaban J connectivity index is 1.43. The summed E-state index contributed by atoms with van der Waals surface area (Å²) >= 11 is 1.14. The number of nitro groups is 1. The summed E-state index contributed by atoms with van der Waals surface area (Å²) in [5.41, 5.74) is 3.39. The van der Waals surface area contributed by atoms with Gasteiger partial charge < -0.3 is 9.30 Å². The zero-order valence-corrected chi connectivity index (χ0v) is 20.1. The lowest BCUT2D eigenvalue weighted by atomic mass is 10.1. The van der Waals surface area contributed by atoms with E-state index in [0.717, 1.165) is 28.5 Å². The third-order valence-electron chi connectivity index (χ3n) is 5.52. The predicted molar refractivity (Wildman–Crippen MR) is 135 cm³/mol. The molecule has 0 spiro atoms. The van der Waals surface area contributed by atoms with Gasteiger partial charge >= 0.3 is 5.97 Å². The number of cyclic esters (lactones) is 1. The van der Waals surface area contributed by atoms with Crippen LogP contribution in [0.15, 0.2) is 88.7 Å². The summed E-state index contributed by atoms with van der Waals surface area (Å²) in [6.07, 6.45) is 6.56. The molecule has 1 aliphatic heterocycles. The molecule has 0 N–H and O–H groups in total. The number of carbonyl (C=O) groups excluding carboxylic acids is 1. The largest absolute Gasteiger partial charge is 0.422 e. The number of hydrogen-bond acceptors (Lipinski definition) is 8. The van der Waals surface area contributed by atoms with E-state index in [1.807, 2.05) is 37.3 Å². The first-order valence-corrected chi connectivity index (χ1v) is 11.7. The molecule has 2 aromatic heterocycles. The monoisotopic (exact) mass is 497 g/mol. The summed E-state index contributed by atoms with van der Waals surface area (Å²) in [5, 5.41) is 20.7. The smallest absolute Gasteiger partial charge is 0.343 e. The number of benzene rings is 2. The summed E-state index contributed by atoms with van der Waals surface area (Å²) in [6, 6.07) is 16.1. The fourth-order valence-corrected chi connectivity index (χ4v) is 4.51. The molecule has 0 amide bonds. The molecule has 0 radical (unpaired) electrons. The van der Waals surface area contributed by atoms with Crippen LogP contribution in [0.3, 0.4) is 0 Å². The number of aryl methyl sites for hydroxylation is 1. The quantitative estimate of drug-likeness (QED) is 0.154. The van der Waals surface area contributed by atoms with Crippen LogP contribution in [0.25, 0.3) is 23.2 Å². The van der Waals surface area contributed by atoms with Gasteiger partial charge in [0.25, 0.3) is 5.69 Å². The molecule has 0 aliphatic carbocycles. The summed E-state index contributed by atoms with van der Waals surface area (Å²) in [7, 11) is 1.79. The molecule has 0 bridgehead atoms. The first-order valence-electron chi connectivity index (χ1n) is 10.9. The van der Waals surface area contributed by atoms with E-state index in [2.05, 4.69) is 15.2 Å². The van der Waals surface area contributed by atoms with Gasteiger partial charge in [0.1, 0.15) is 5.76 Å². The second-order valence-corrected chi connectivity index (χ2v) is 9.07. The highest BCUT2D eigenvalue weighted by Crippen LogP contribution is 2.36. The van der Waals surface area contributed by atoms with Crippen LogP contribution in [0.5, 0.6) is 0 Å². The van der Waals surface area contributed by atoms with E-state index in [0.29, 0.717) is 32.8 Å². The van der Waals surface area contributed by atoms with E-state index in [1.54, 1.807) is 54.4 Å². The van der Waals surface area contributed by atoms with Gasteiger partial charge in [-0.05, 0) is 54.6 Å². The lowest BCUT2D eigenvalue weighted by Crippen LogP contribution is -1.98. The highest BCUT2D eigenvalue weighted by molar-refractivity contribution is 7.99. The Morgan fingerprint density at radius 1 is 1.08 bits per heavy atom. The molecule has 0 saturated carbocycles. The van der Waals surface area contributed by atoms with Gasteiger partial charge in [-0.3, -0.25) is 15.1 Å². The predicted octanol–water partition coefficient (Wildman–Crippen LogP) is 5.23. The van der Waals surface area contributed by atoms with Crippen LogP contribution in [0.1, 0.15) is 16.7 Å². The molecule has 36 heavy (non-hydrogen) atoms. The van der Waals surface area contributed by atoms with E-state index < -0.39 is 10.9 Å². The van der Waals surface area contributed by atoms with Crippen molar-refractivity contribution in [3.05, 3.63) is 105 Å². The molecule has 3 heterocycles. The maximum absolute atomic E-state index is 12.4. The fourth-order valence-electron chi connectivity index (χ4n) is 3.63. The number of nitrogens with zero attached hydrogens (tertiary/aromatic N) is 5. The van der Waals surface area contributed by atoms with Gasteiger partial charge in [-0.25, -0.2) is 4.79 Å². The Labute approximate surface area is 210 Å². The van der Waals surface area contributed by atoms with Crippen molar-refractivity contribution in [1.82, 2.24) is 19.7 Å². The van der Waals surface area contributed by atoms with E-state index in [4.69, 9.17) is 4.74 Å². The van der Waals surface area contributed by atoms with Crippen molar-refractivity contribution in [2.24, 2.45) is 7.05 Å². The number of ether oxygens (including phenoxy) is 1. The second kappa shape index (κ2) is 9.59. The highest BCUT2D eigenvalue weighted by atomic mass is 32.2. The van der Waals surface area contributed by atoms with Crippen molar-refractivity contribution in [2.45, 2.75) is 17.0 Å². The van der Waals surface area contributed by atoms with Crippen LogP contribution in [0, 0.1) is 17.0 Å². The van der Waals surface area contributed by atoms with Crippen molar-refractivity contribution in [2.75, 3.05) is 0 Å². The molecular weight excluding hydrogens is 478 g/mol. The molecule has 0 fully saturated rings. The number of pyridine rings is 1. The summed E-state index contributed by atoms with van der Waals surface area (Å²) < 4.78 is 7.16. The second-order valence-electron chi connectivity index (χ2n) is 8.06. The first-order chi connectivity index (χ1) is 17.4. The zero-order chi connectivity index (χ0) is 25.2. The number of rotatable bonds is 6. The van der Waals surface area contributed by atoms with Gasteiger partial charge in [0.15, 0.2) is 11.0 Å². The van der Waals surface area contributed by atoms with E-state index in [9.17, 15) is 14.9 Å². The first kappa shape index (κ1) is 23.2. The van der Waals surface area contributed by atoms with Crippen LogP contribution < -0.4 is 0 Å². The van der Waals surface area contributed by atoms with Crippen molar-refractivity contribution in [1.29, 1.82) is 0 Å². The number of hydrogen-bond donors (Lipinski definition) is 0. The Morgan fingerprint density at radius 3 is 2.61 bits per heavy atom. The normalized spacial score (nSPS) is 14.1. The maximum Gasteiger partial charge on any atom is 0.343 e. The Kier molecular flexibility index (Phi) is 6.17. The van der Waals surface area contributed by atoms with E-state index in [1.165, 1.54) is 6.07 Å². The number of esters is 1. The van der Waals surface area contributed by atoms with Crippen molar-refractivity contribution in [3.63, 3.8) is 0 Å². The van der Waals surface area contributed by atoms with Crippen molar-refractivity contribution >= 4 is 35.3 Å². The van der Waals surface area contributed by atoms with Crippen molar-refractivity contribution < 1.29 is 14.5 Å². The summed E-state index contributed by atoms with van der Waals surface area (Å²) in [5.74, 6) is 0.541. The van der Waals surface area contributed by atoms with Crippen LogP contribution >= 0.6 is 11.8 Å². The third-order valence-corrected chi connectivity index (χ3v) is 6.62. The van der Waals surface area contributed by atoms with E-state index in [-0.39, 0.29) is 5.69 Å². The van der Waals surface area contributed by atoms with Crippen LogP contribution in [0.2, 0.25) is 0 Å². The maximum atomic E-state index is 12.4. The van der Waals surface area contributed by atoms with Crippen LogP contribution in [-0.4, -0.2) is 30.6 Å². The molecule has 0 atom stereocenters. The minimum absolute atomic E-state index is 0.102. The highest BCUT2D eigenvalue weighted by Gasteiger charge is 2.23. The lowest BCUT2D eigenvalue weighted by molar-refractivity contribution is -0.387. The fraction of sp³-hybridized carbons (Fsp3) is 0.0769. The summed E-state index contributed by atoms with van der Waals surface area (Å²) in [4.78, 5) is 28.3. The zero-order valence-electron chi connectivity index (χ0n) is 19.3. The Morgan fingerprint density at radius 2 is 1.89 bits per heavy atom. The van der Waals surface area contributed by atoms with Crippen molar-refractivity contribution in [3.8, 4) is 11.4 Å². The van der Waals surface area contributed by atoms with Crippen LogP contribution in [-0.2, 0) is 16.6 Å². The number of carbonyl (C=O) groups is 1. The molecule has 0 unspecified atom stereocenters. The SMILES string of the molecule is Cc1ccc(C2=C/C(=C/c3ccc(Sc4nnc(-c5cccnc5)n4C)c([N+](=O)[O-])c3)C(=O)O2)cc1. The minimum Gasteiger partial charge on any atom is -0.422 e. The molecule has 4 aromatic rings. The summed E-state index contributed by atoms with van der Waals surface area (Å²) in [6.45, 7) is 1.98. The number of aromatic nitrogens is 4. The third kappa shape index (κ3) is 4.66. The molecule has 1 aliphatic rings. The molecule has 0 saturated heterocycles.